The second-order valence-corrected chi connectivity index (χ2v) is 301. The Morgan fingerprint density at radius 1 is 0.405 bits per heavy atom. The van der Waals surface area contributed by atoms with Gasteiger partial charge in [-0.15, -0.1) is 321 Å². The summed E-state index contributed by atoms with van der Waals surface area (Å²) in [5, 5.41) is 56.7. The predicted molar refractivity (Wildman–Crippen MR) is 761 cm³/mol. The van der Waals surface area contributed by atoms with Crippen LogP contribution < -0.4 is 10.6 Å². The maximum absolute atomic E-state index is 12.1. The summed E-state index contributed by atoms with van der Waals surface area (Å²) in [6.45, 7) is 14.0. The first-order valence-corrected chi connectivity index (χ1v) is 156. The topological polar surface area (TPSA) is 186 Å². The number of aliphatic hydroxyl groups is 5. The Kier molecular flexibility index (Phi) is 98.7. The molecule has 0 saturated heterocycles. The van der Waals surface area contributed by atoms with E-state index in [1.807, 2.05) is 19.9 Å². The molecule has 0 aliphatic carbocycles. The van der Waals surface area contributed by atoms with Gasteiger partial charge in [-0.25, -0.2) is 0 Å². The first kappa shape index (κ1) is 144. The number of hydrogen-bond acceptors (Lipinski definition) is 9. The van der Waals surface area contributed by atoms with Crippen LogP contribution in [0.1, 0.15) is 86.0 Å². The number of carbonyl (C=O) groups is 3. The lowest BCUT2D eigenvalue weighted by Crippen LogP contribution is -2.43. The number of ether oxygens (including phenoxy) is 1. The van der Waals surface area contributed by atoms with Gasteiger partial charge in [0.1, 0.15) is 17.8 Å². The maximum atomic E-state index is 12.1. The molecule has 7 N–H and O–H groups in total. The molecule has 11 nitrogen and oxygen atoms in total. The first-order chi connectivity index (χ1) is 53.2. The van der Waals surface area contributed by atoms with Gasteiger partial charge in [0.05, 0.1) is 42.7 Å². The number of amides is 2. The number of esters is 1. The summed E-state index contributed by atoms with van der Waals surface area (Å²) in [4.78, 5) is 35.5. The molecule has 42 unspecified atom stereocenters. The van der Waals surface area contributed by atoms with Crippen LogP contribution in [-0.2, 0) is 19.1 Å². The van der Waals surface area contributed by atoms with Crippen molar-refractivity contribution in [3.63, 3.8) is 0 Å². The molecule has 0 aromatic heterocycles. The third-order valence-corrected chi connectivity index (χ3v) is 475. The molecule has 0 spiro atoms. The van der Waals surface area contributed by atoms with E-state index < -0.39 is 41.6 Å². The van der Waals surface area contributed by atoms with E-state index in [0.717, 1.165) is 19.1 Å². The fourth-order valence-corrected chi connectivity index (χ4v) is 939. The van der Waals surface area contributed by atoms with E-state index in [1.54, 1.807) is 43.4 Å². The molecule has 0 aromatic rings. The molecule has 0 fully saturated rings. The van der Waals surface area contributed by atoms with Crippen molar-refractivity contribution >= 4 is 571 Å². The van der Waals surface area contributed by atoms with Crippen molar-refractivity contribution < 1.29 is 44.7 Å². The average molecular weight is 2870 g/mol. The first-order valence-electron chi connectivity index (χ1n) is 31.6. The molecule has 116 heavy (non-hydrogen) atoms. The summed E-state index contributed by atoms with van der Waals surface area (Å²) >= 11 is 0. The number of rotatable bonds is 36. The second kappa shape index (κ2) is 79.3. The minimum atomic E-state index is -1.33. The lowest BCUT2D eigenvalue weighted by atomic mass is 9.90. The van der Waals surface area contributed by atoms with Gasteiger partial charge in [-0.05, 0) is 296 Å². The van der Waals surface area contributed by atoms with Crippen molar-refractivity contribution in [2.24, 2.45) is 0 Å². The Morgan fingerprint density at radius 3 is 0.888 bits per heavy atom. The van der Waals surface area contributed by atoms with Crippen LogP contribution >= 0.6 is 553 Å². The highest BCUT2D eigenvalue weighted by molar-refractivity contribution is 9.48. The monoisotopic (exact) mass is 2870 g/mol. The van der Waals surface area contributed by atoms with E-state index in [2.05, 4.69) is 345 Å². The summed E-state index contributed by atoms with van der Waals surface area (Å²) in [6.07, 6.45) is 11.8. The van der Waals surface area contributed by atoms with Crippen molar-refractivity contribution in [2.45, 2.75) is 134 Å². The molecular weight excluding hydrogens is 2740 g/mol. The summed E-state index contributed by atoms with van der Waals surface area (Å²) in [6, 6.07) is -0.498. The molecule has 2 aliphatic heterocycles. The smallest absolute Gasteiger partial charge is 0.303 e. The Morgan fingerprint density at radius 2 is 0.638 bits per heavy atom. The Hall–Kier alpha value is 26.3. The molecule has 2 amide bonds. The second-order valence-electron chi connectivity index (χ2n) is 23.5. The van der Waals surface area contributed by atoms with Crippen molar-refractivity contribution in [3.05, 3.63) is 72.9 Å². The number of carbonyl (C=O) groups excluding carboxylic acids is 3. The van der Waals surface area contributed by atoms with E-state index in [1.165, 1.54) is 19.9 Å². The SMILES string of the molecule is C=C/C=C(\C)[C@@H]1C/C=C/[C@H](O)[C@](C)(O)CC[C@@H](O)CC(=O)N1.C=C/C=C(\C)[C@@H]1C/C=C/[C@H](OC(C)=O)[C@](C)(O)CC[C@@H](O)CC(=O)N1.PP(P)P(P(P)P)P(P(P)P)P(P(P(P)P)P(P)P)P(P(P(P)P)P(P)P)P(P(P)P)P(P)P.PPP(P)P(P(P(P)P)P(P)P)P(P(P(P)P)P(P)P)P(P(P(P)P)P(P)P)P(P(P)P)P(P)P. The summed E-state index contributed by atoms with van der Waals surface area (Å²) < 4.78 is 5.23. The van der Waals surface area contributed by atoms with Crippen LogP contribution in [0.25, 0.3) is 0 Å². The van der Waals surface area contributed by atoms with Crippen molar-refractivity contribution in [2.75, 3.05) is 0 Å². The van der Waals surface area contributed by atoms with Gasteiger partial charge < -0.3 is 40.9 Å². The summed E-state index contributed by atoms with van der Waals surface area (Å²) in [5.41, 5.74) is -0.814. The van der Waals surface area contributed by atoms with E-state index in [4.69, 9.17) is 4.74 Å². The maximum Gasteiger partial charge on any atom is 0.303 e. The van der Waals surface area contributed by atoms with E-state index in [0.29, 0.717) is 12.8 Å². The molecule has 2 rings (SSSR count). The van der Waals surface area contributed by atoms with Crippen LogP contribution in [0.2, 0.25) is 0 Å². The minimum Gasteiger partial charge on any atom is -0.455 e. The van der Waals surface area contributed by atoms with Gasteiger partial charge in [0, 0.05) is 6.92 Å². The molecule has 2 aliphatic rings. The molecule has 80 heteroatoms. The molecular formula is C36H129N2O9P69. The Labute approximate surface area is 822 Å². The summed E-state index contributed by atoms with van der Waals surface area (Å²) in [5.74, 6) is -0.974. The van der Waals surface area contributed by atoms with Crippen LogP contribution in [0.15, 0.2) is 72.9 Å². The Bertz CT molecular complexity index is 2820. The molecule has 0 aromatic carbocycles. The van der Waals surface area contributed by atoms with Gasteiger partial charge >= 0.3 is 5.97 Å². The fourth-order valence-electron chi connectivity index (χ4n) is 8.95. The summed E-state index contributed by atoms with van der Waals surface area (Å²) in [7, 11) is 121. The van der Waals surface area contributed by atoms with Gasteiger partial charge in [-0.2, -0.15) is 0 Å². The van der Waals surface area contributed by atoms with E-state index in [9.17, 15) is 39.9 Å². The van der Waals surface area contributed by atoms with Crippen molar-refractivity contribution in [1.82, 2.24) is 10.6 Å². The molecule has 0 saturated carbocycles. The number of hydrogen-bond donors (Lipinski definition) is 7. The number of allylic oxidation sites excluding steroid dienone is 4. The highest BCUT2D eigenvalue weighted by Gasteiger charge is 2.55. The zero-order valence-electron chi connectivity index (χ0n) is 64.1. The third kappa shape index (κ3) is 57.1. The normalized spacial score (nSPS) is 23.9. The minimum absolute atomic E-state index is 0.000249. The van der Waals surface area contributed by atoms with Crippen LogP contribution in [-0.4, -0.2) is 91.0 Å². The standard InChI is InChI=1S/C19H29NO5.C17H27NO4.H37P35.H36P34/c1-5-7-13(2)16-8-6-9-17(25-14(3)21)19(4,24)11-10-15(22)12-18(23)20-16;1-4-6-12(2)14-7-5-8-15(20)17(3,22)10-9-13(19)11-16(21)18-14;1-19-28(18)33(29(20(2)3)21(4)5)35(32(26(14)15)27(16)17)34(30(22(6)7)23(8)9)31(24(10)11)25(12)13;1-19(2)28(20(3)4)32(27(17)18)34(31(25(13)14)26(15)16)33(29(21(5)6)22(7)8)30(23(9)10)24(11)12/h5-7,9,15-17,22,24H,1,8,10-12H2,2-4H3,(H,20,23);4-6,8,13-15,19-20,22H,1,7,9-11H2,2-3H3,(H,18,21);19H,1-18H2;1-18H2/b9-6+,13-7+;8-5+,12-6+;;/t15-,16+,17+,19-;13-,14+,15+,17-;;/m11../s1. The van der Waals surface area contributed by atoms with Crippen molar-refractivity contribution in [3.8, 4) is 0 Å². The number of aliphatic hydroxyl groups excluding tert-OH is 3. The van der Waals surface area contributed by atoms with Crippen LogP contribution in [0.3, 0.4) is 0 Å². The molecule has 0 bridgehead atoms. The fraction of sp³-hybridized carbons (Fsp3) is 0.583. The van der Waals surface area contributed by atoms with E-state index >= 15 is 0 Å². The lowest BCUT2D eigenvalue weighted by molar-refractivity contribution is -0.156. The van der Waals surface area contributed by atoms with Crippen LogP contribution in [0.5, 0.6) is 0 Å². The quantitative estimate of drug-likeness (QED) is 0.0139. The van der Waals surface area contributed by atoms with Crippen molar-refractivity contribution in [1.29, 1.82) is 0 Å². The van der Waals surface area contributed by atoms with Gasteiger partial charge in [-0.3, -0.25) is 14.4 Å². The number of nitrogens with one attached hydrogen (secondary N) is 2. The zero-order chi connectivity index (χ0) is 91.0. The zero-order valence-corrected chi connectivity index (χ0v) is 135. The average Bonchev–Trinajstić information content (AvgIpc) is 0.756. The van der Waals surface area contributed by atoms with Gasteiger partial charge in [0.25, 0.3) is 0 Å². The Balaban J connectivity index is 0. The third-order valence-electron chi connectivity index (χ3n) is 14.0. The highest BCUT2D eigenvalue weighted by Crippen LogP contribution is 3.43. The molecule has 2 heterocycles. The van der Waals surface area contributed by atoms with Gasteiger partial charge in [-0.1, -0.05) is 74.8 Å². The van der Waals surface area contributed by atoms with Gasteiger partial charge in [0.15, 0.2) is 0 Å². The lowest BCUT2D eigenvalue weighted by Gasteiger charge is -2.54. The molecule has 682 valence electrons. The molecule has 0 radical (unpaired) electrons. The molecule has 50 atom stereocenters. The van der Waals surface area contributed by atoms with Crippen LogP contribution in [0, 0.1) is 0 Å². The van der Waals surface area contributed by atoms with Crippen LogP contribution in [0.4, 0.5) is 0 Å². The van der Waals surface area contributed by atoms with Gasteiger partial charge in [0.2, 0.25) is 11.8 Å². The largest absolute Gasteiger partial charge is 0.455 e. The highest BCUT2D eigenvalue weighted by atomic mass is 33.5. The van der Waals surface area contributed by atoms with E-state index in [-0.39, 0.29) is 286 Å². The predicted octanol–water partition coefficient (Wildman–Crippen LogP) is 42.9.